The van der Waals surface area contributed by atoms with E-state index < -0.39 is 0 Å². The summed E-state index contributed by atoms with van der Waals surface area (Å²) in [5.41, 5.74) is 4.06. The van der Waals surface area contributed by atoms with Crippen LogP contribution in [0.2, 0.25) is 5.02 Å². The molecule has 0 radical (unpaired) electrons. The van der Waals surface area contributed by atoms with Crippen molar-refractivity contribution in [3.05, 3.63) is 52.1 Å². The van der Waals surface area contributed by atoms with Crippen LogP contribution >= 0.6 is 11.6 Å². The SMILES string of the molecule is C[C@@]12CC[C@@H]3[C@H](CC=C4C[C@@H](O)CC[C@@]43C)[C@H]1C/C(=C/c1ccc(Cl)cc1)[C@@H]2O. The van der Waals surface area contributed by atoms with Crippen LogP contribution in [0.5, 0.6) is 0 Å². The first-order valence-corrected chi connectivity index (χ1v) is 11.7. The predicted molar refractivity (Wildman–Crippen MR) is 119 cm³/mol. The van der Waals surface area contributed by atoms with Crippen LogP contribution in [0.4, 0.5) is 0 Å². The fraction of sp³-hybridized carbons (Fsp3) is 0.615. The Bertz CT molecular complexity index is 856. The summed E-state index contributed by atoms with van der Waals surface area (Å²) < 4.78 is 0. The first kappa shape index (κ1) is 19.8. The molecule has 4 aliphatic carbocycles. The van der Waals surface area contributed by atoms with E-state index in [-0.39, 0.29) is 23.0 Å². The Hall–Kier alpha value is -1.09. The summed E-state index contributed by atoms with van der Waals surface area (Å²) in [5.74, 6) is 1.87. The maximum Gasteiger partial charge on any atom is 0.0809 e. The number of aliphatic hydroxyl groups excluding tert-OH is 2. The summed E-state index contributed by atoms with van der Waals surface area (Å²) in [5, 5.41) is 22.3. The normalized spacial score (nSPS) is 45.3. The van der Waals surface area contributed by atoms with Gasteiger partial charge in [0.1, 0.15) is 0 Å². The summed E-state index contributed by atoms with van der Waals surface area (Å²) in [6.07, 6.45) is 11.5. The number of fused-ring (bicyclic) bond motifs is 5. The number of aliphatic hydroxyl groups is 2. The van der Waals surface area contributed by atoms with Crippen molar-refractivity contribution in [1.82, 2.24) is 0 Å². The molecule has 0 spiro atoms. The van der Waals surface area contributed by atoms with Gasteiger partial charge < -0.3 is 10.2 Å². The fourth-order valence-corrected chi connectivity index (χ4v) is 7.54. The third-order valence-electron chi connectivity index (χ3n) is 9.17. The number of hydrogen-bond acceptors (Lipinski definition) is 2. The van der Waals surface area contributed by atoms with Crippen molar-refractivity contribution < 1.29 is 10.2 Å². The molecule has 0 unspecified atom stereocenters. The van der Waals surface area contributed by atoms with Gasteiger partial charge in [0.2, 0.25) is 0 Å². The second kappa shape index (κ2) is 6.97. The van der Waals surface area contributed by atoms with Crippen LogP contribution in [-0.4, -0.2) is 22.4 Å². The zero-order valence-corrected chi connectivity index (χ0v) is 18.3. The van der Waals surface area contributed by atoms with E-state index >= 15 is 0 Å². The van der Waals surface area contributed by atoms with Crippen LogP contribution in [0, 0.1) is 28.6 Å². The van der Waals surface area contributed by atoms with E-state index in [1.807, 2.05) is 24.3 Å². The Labute approximate surface area is 179 Å². The van der Waals surface area contributed by atoms with Crippen LogP contribution in [0.3, 0.4) is 0 Å². The standard InChI is InChI=1S/C26H33ClO2/c1-25-11-9-20(28)15-18(25)5-8-21-22(25)10-12-26(2)23(21)14-17(24(26)29)13-16-3-6-19(27)7-4-16/h3-7,13,20-24,28-29H,8-12,14-15H2,1-2H3/b17-13-/t20-,21-,22+,23+,24-,25-,26+/m0/s1. The minimum atomic E-state index is -0.351. The average Bonchev–Trinajstić information content (AvgIpc) is 2.95. The van der Waals surface area contributed by atoms with E-state index in [9.17, 15) is 10.2 Å². The summed E-state index contributed by atoms with van der Waals surface area (Å²) in [7, 11) is 0. The first-order chi connectivity index (χ1) is 13.8. The molecular formula is C26H33ClO2. The molecule has 29 heavy (non-hydrogen) atoms. The number of rotatable bonds is 1. The van der Waals surface area contributed by atoms with Crippen molar-refractivity contribution in [1.29, 1.82) is 0 Å². The Balaban J connectivity index is 1.46. The molecule has 0 heterocycles. The van der Waals surface area contributed by atoms with Gasteiger partial charge in [0.25, 0.3) is 0 Å². The molecule has 0 amide bonds. The molecule has 1 aromatic rings. The Morgan fingerprint density at radius 3 is 2.52 bits per heavy atom. The number of hydrogen-bond donors (Lipinski definition) is 2. The summed E-state index contributed by atoms with van der Waals surface area (Å²) in [4.78, 5) is 0. The van der Waals surface area contributed by atoms with E-state index in [1.54, 1.807) is 0 Å². The Morgan fingerprint density at radius 2 is 1.76 bits per heavy atom. The van der Waals surface area contributed by atoms with Crippen molar-refractivity contribution in [2.75, 3.05) is 0 Å². The van der Waals surface area contributed by atoms with Crippen LogP contribution in [0.1, 0.15) is 64.4 Å². The highest BCUT2D eigenvalue weighted by molar-refractivity contribution is 6.30. The molecule has 2 nitrogen and oxygen atoms in total. The van der Waals surface area contributed by atoms with Crippen LogP contribution in [0.15, 0.2) is 41.5 Å². The van der Waals surface area contributed by atoms with Gasteiger partial charge in [-0.05, 0) is 91.4 Å². The lowest BCUT2D eigenvalue weighted by molar-refractivity contribution is -0.0685. The fourth-order valence-electron chi connectivity index (χ4n) is 7.41. The van der Waals surface area contributed by atoms with E-state index in [4.69, 9.17) is 11.6 Å². The minimum Gasteiger partial charge on any atom is -0.393 e. The van der Waals surface area contributed by atoms with Crippen LogP contribution < -0.4 is 0 Å². The molecule has 0 aromatic heterocycles. The zero-order chi connectivity index (χ0) is 20.4. The first-order valence-electron chi connectivity index (χ1n) is 11.3. The lowest BCUT2D eigenvalue weighted by Gasteiger charge is -2.57. The van der Waals surface area contributed by atoms with Crippen molar-refractivity contribution in [2.24, 2.45) is 28.6 Å². The second-order valence-corrected chi connectivity index (χ2v) is 11.0. The molecule has 0 aliphatic heterocycles. The maximum atomic E-state index is 11.3. The molecule has 3 heteroatoms. The molecule has 7 atom stereocenters. The zero-order valence-electron chi connectivity index (χ0n) is 17.6. The van der Waals surface area contributed by atoms with Crippen molar-refractivity contribution in [3.63, 3.8) is 0 Å². The third kappa shape index (κ3) is 3.06. The molecule has 4 aliphatic rings. The Kier molecular flexibility index (Phi) is 4.77. The quantitative estimate of drug-likeness (QED) is 0.554. The molecule has 0 saturated heterocycles. The number of halogens is 1. The lowest BCUT2D eigenvalue weighted by Crippen LogP contribution is -2.51. The van der Waals surface area contributed by atoms with Crippen LogP contribution in [-0.2, 0) is 0 Å². The van der Waals surface area contributed by atoms with Crippen molar-refractivity contribution in [3.8, 4) is 0 Å². The van der Waals surface area contributed by atoms with E-state index in [0.29, 0.717) is 17.8 Å². The van der Waals surface area contributed by atoms with Gasteiger partial charge in [0.05, 0.1) is 12.2 Å². The molecule has 2 N–H and O–H groups in total. The molecule has 0 bridgehead atoms. The molecular weight excluding hydrogens is 380 g/mol. The predicted octanol–water partition coefficient (Wildman–Crippen LogP) is 6.02. The number of benzene rings is 1. The molecule has 3 fully saturated rings. The molecule has 3 saturated carbocycles. The van der Waals surface area contributed by atoms with E-state index in [2.05, 4.69) is 26.0 Å². The molecule has 1 aromatic carbocycles. The second-order valence-electron chi connectivity index (χ2n) is 10.6. The summed E-state index contributed by atoms with van der Waals surface area (Å²) in [6, 6.07) is 7.93. The molecule has 156 valence electrons. The highest BCUT2D eigenvalue weighted by Crippen LogP contribution is 2.65. The number of allylic oxidation sites excluding steroid dienone is 1. The highest BCUT2D eigenvalue weighted by atomic mass is 35.5. The minimum absolute atomic E-state index is 0.0185. The summed E-state index contributed by atoms with van der Waals surface area (Å²) in [6.45, 7) is 4.79. The van der Waals surface area contributed by atoms with Gasteiger partial charge in [-0.2, -0.15) is 0 Å². The van der Waals surface area contributed by atoms with Gasteiger partial charge >= 0.3 is 0 Å². The largest absolute Gasteiger partial charge is 0.393 e. The molecule has 5 rings (SSSR count). The Morgan fingerprint density at radius 1 is 1.00 bits per heavy atom. The van der Waals surface area contributed by atoms with Gasteiger partial charge in [0, 0.05) is 10.4 Å². The third-order valence-corrected chi connectivity index (χ3v) is 9.42. The van der Waals surface area contributed by atoms with Crippen molar-refractivity contribution >= 4 is 17.7 Å². The monoisotopic (exact) mass is 412 g/mol. The average molecular weight is 413 g/mol. The maximum absolute atomic E-state index is 11.3. The summed E-state index contributed by atoms with van der Waals surface area (Å²) >= 11 is 6.04. The van der Waals surface area contributed by atoms with Crippen LogP contribution in [0.25, 0.3) is 6.08 Å². The van der Waals surface area contributed by atoms with Gasteiger partial charge in [0.15, 0.2) is 0 Å². The van der Waals surface area contributed by atoms with Crippen molar-refractivity contribution in [2.45, 2.75) is 71.0 Å². The smallest absolute Gasteiger partial charge is 0.0809 e. The van der Waals surface area contributed by atoms with Gasteiger partial charge in [-0.15, -0.1) is 0 Å². The van der Waals surface area contributed by atoms with Gasteiger partial charge in [-0.1, -0.05) is 55.3 Å². The highest BCUT2D eigenvalue weighted by Gasteiger charge is 2.59. The van der Waals surface area contributed by atoms with Gasteiger partial charge in [-0.3, -0.25) is 0 Å². The van der Waals surface area contributed by atoms with E-state index in [0.717, 1.165) is 49.1 Å². The van der Waals surface area contributed by atoms with Gasteiger partial charge in [-0.25, -0.2) is 0 Å². The topological polar surface area (TPSA) is 40.5 Å². The lowest BCUT2D eigenvalue weighted by atomic mass is 9.48. The van der Waals surface area contributed by atoms with E-state index in [1.165, 1.54) is 17.6 Å².